The van der Waals surface area contributed by atoms with Crippen LogP contribution in [0.25, 0.3) is 16.2 Å². The monoisotopic (exact) mass is 464 g/mol. The van der Waals surface area contributed by atoms with Gasteiger partial charge in [0.2, 0.25) is 0 Å². The van der Waals surface area contributed by atoms with Gasteiger partial charge in [0, 0.05) is 24.0 Å². The maximum absolute atomic E-state index is 12.2. The largest absolute Gasteiger partial charge is 0.484 e. The summed E-state index contributed by atoms with van der Waals surface area (Å²) in [6, 6.07) is 5.28. The van der Waals surface area contributed by atoms with E-state index in [1.807, 2.05) is 29.5 Å². The second-order valence-electron chi connectivity index (χ2n) is 7.50. The molecule has 170 valence electrons. The summed E-state index contributed by atoms with van der Waals surface area (Å²) in [6.45, 7) is 4.00. The fraction of sp³-hybridized carbons (Fsp3) is 0.208. The van der Waals surface area contributed by atoms with Crippen LogP contribution in [0.5, 0.6) is 5.75 Å². The van der Waals surface area contributed by atoms with Crippen molar-refractivity contribution in [2.24, 2.45) is 5.73 Å². The van der Waals surface area contributed by atoms with Gasteiger partial charge >= 0.3 is 6.09 Å². The summed E-state index contributed by atoms with van der Waals surface area (Å²) >= 11 is 1.25. The predicted molar refractivity (Wildman–Crippen MR) is 129 cm³/mol. The molecule has 0 aliphatic heterocycles. The molecule has 1 atom stereocenters. The zero-order chi connectivity index (χ0) is 23.5. The van der Waals surface area contributed by atoms with Gasteiger partial charge in [0.15, 0.2) is 0 Å². The van der Waals surface area contributed by atoms with Crippen LogP contribution in [-0.2, 0) is 4.74 Å². The van der Waals surface area contributed by atoms with E-state index in [2.05, 4.69) is 34.1 Å². The SMILES string of the molecule is COC(=O)Nc1ccn2c(-c3cc(OC(C)C4=CC=CCC=C4C)c(C(N)=O)s3)cnc2c1. The Labute approximate surface area is 195 Å². The molecule has 4 rings (SSSR count). The number of ether oxygens (including phenoxy) is 2. The number of thiophene rings is 1. The van der Waals surface area contributed by atoms with Crippen molar-refractivity contribution in [2.75, 3.05) is 12.4 Å². The lowest BCUT2D eigenvalue weighted by Crippen LogP contribution is -2.18. The number of hydrogen-bond donors (Lipinski definition) is 2. The number of carbonyl (C=O) groups excluding carboxylic acids is 2. The molecule has 8 nitrogen and oxygen atoms in total. The molecule has 3 aromatic rings. The zero-order valence-electron chi connectivity index (χ0n) is 18.5. The average Bonchev–Trinajstić information content (AvgIpc) is 3.32. The number of aromatic nitrogens is 2. The number of rotatable bonds is 6. The van der Waals surface area contributed by atoms with E-state index < -0.39 is 12.0 Å². The van der Waals surface area contributed by atoms with Crippen molar-refractivity contribution in [3.63, 3.8) is 0 Å². The van der Waals surface area contributed by atoms with Crippen molar-refractivity contribution in [1.29, 1.82) is 0 Å². The van der Waals surface area contributed by atoms with Crippen LogP contribution in [0.4, 0.5) is 10.5 Å². The Hall–Kier alpha value is -3.85. The van der Waals surface area contributed by atoms with E-state index in [1.165, 1.54) is 18.4 Å². The van der Waals surface area contributed by atoms with Gasteiger partial charge in [-0.3, -0.25) is 14.5 Å². The molecule has 1 aliphatic carbocycles. The van der Waals surface area contributed by atoms with Gasteiger partial charge in [-0.1, -0.05) is 24.3 Å². The molecule has 2 amide bonds. The van der Waals surface area contributed by atoms with Crippen molar-refractivity contribution in [1.82, 2.24) is 9.38 Å². The zero-order valence-corrected chi connectivity index (χ0v) is 19.3. The van der Waals surface area contributed by atoms with Crippen LogP contribution < -0.4 is 15.8 Å². The second-order valence-corrected chi connectivity index (χ2v) is 8.56. The Balaban J connectivity index is 1.66. The maximum Gasteiger partial charge on any atom is 0.411 e. The summed E-state index contributed by atoms with van der Waals surface area (Å²) in [7, 11) is 1.30. The Morgan fingerprint density at radius 2 is 2.15 bits per heavy atom. The molecule has 0 aromatic carbocycles. The predicted octanol–water partition coefficient (Wildman–Crippen LogP) is 4.94. The average molecular weight is 465 g/mol. The van der Waals surface area contributed by atoms with Crippen molar-refractivity contribution in [2.45, 2.75) is 26.4 Å². The summed E-state index contributed by atoms with van der Waals surface area (Å²) < 4.78 is 12.7. The van der Waals surface area contributed by atoms with Gasteiger partial charge in [0.05, 0.1) is 23.9 Å². The molecule has 9 heteroatoms. The lowest BCUT2D eigenvalue weighted by atomic mass is 10.0. The van der Waals surface area contributed by atoms with Crippen LogP contribution >= 0.6 is 11.3 Å². The number of anilines is 1. The minimum atomic E-state index is -0.559. The first-order valence-electron chi connectivity index (χ1n) is 10.3. The summed E-state index contributed by atoms with van der Waals surface area (Å²) in [5.74, 6) is -0.107. The Morgan fingerprint density at radius 3 is 2.91 bits per heavy atom. The highest BCUT2D eigenvalue weighted by molar-refractivity contribution is 7.17. The van der Waals surface area contributed by atoms with E-state index in [1.54, 1.807) is 24.5 Å². The molecule has 1 unspecified atom stereocenters. The third-order valence-corrected chi connectivity index (χ3v) is 6.44. The van der Waals surface area contributed by atoms with E-state index in [-0.39, 0.29) is 6.10 Å². The van der Waals surface area contributed by atoms with Crippen molar-refractivity contribution >= 4 is 34.7 Å². The topological polar surface area (TPSA) is 108 Å². The fourth-order valence-electron chi connectivity index (χ4n) is 3.62. The lowest BCUT2D eigenvalue weighted by molar-refractivity contribution is 0.0999. The molecular weight excluding hydrogens is 440 g/mol. The van der Waals surface area contributed by atoms with E-state index >= 15 is 0 Å². The van der Waals surface area contributed by atoms with E-state index in [4.69, 9.17) is 10.5 Å². The number of methoxy groups -OCH3 is 1. The first-order valence-corrected chi connectivity index (χ1v) is 11.2. The van der Waals surface area contributed by atoms with Gasteiger partial charge in [0.1, 0.15) is 22.4 Å². The highest BCUT2D eigenvalue weighted by atomic mass is 32.1. The Morgan fingerprint density at radius 1 is 1.33 bits per heavy atom. The Bertz CT molecular complexity index is 1320. The number of amides is 2. The molecule has 0 saturated carbocycles. The third-order valence-electron chi connectivity index (χ3n) is 5.29. The Kier molecular flexibility index (Phi) is 6.32. The smallest absolute Gasteiger partial charge is 0.411 e. The van der Waals surface area contributed by atoms with Crippen LogP contribution in [0.1, 0.15) is 29.9 Å². The van der Waals surface area contributed by atoms with E-state index in [9.17, 15) is 9.59 Å². The number of imidazole rings is 1. The standard InChI is InChI=1S/C24H24N4O4S/c1-14-7-5-4-6-8-17(14)15(2)32-19-12-20(33-22(19)23(25)29)18-13-26-21-11-16(9-10-28(18)21)27-24(30)31-3/h4,6-13,15H,5H2,1-3H3,(H2,25,29)(H,27,30). The number of nitrogens with zero attached hydrogens (tertiary/aromatic N) is 2. The number of nitrogens with two attached hydrogens (primary N) is 1. The molecule has 0 bridgehead atoms. The molecule has 3 N–H and O–H groups in total. The van der Waals surface area contributed by atoms with Crippen LogP contribution in [0.2, 0.25) is 0 Å². The lowest BCUT2D eigenvalue weighted by Gasteiger charge is -2.18. The van der Waals surface area contributed by atoms with Gasteiger partial charge in [-0.15, -0.1) is 11.3 Å². The highest BCUT2D eigenvalue weighted by Crippen LogP contribution is 2.38. The first-order chi connectivity index (χ1) is 15.9. The summed E-state index contributed by atoms with van der Waals surface area (Å²) in [5.41, 5.74) is 9.81. The molecule has 1 aliphatic rings. The van der Waals surface area contributed by atoms with Gasteiger partial charge < -0.3 is 15.2 Å². The fourth-order valence-corrected chi connectivity index (χ4v) is 4.57. The van der Waals surface area contributed by atoms with Crippen molar-refractivity contribution < 1.29 is 19.1 Å². The number of primary amides is 1. The number of carbonyl (C=O) groups is 2. The molecule has 33 heavy (non-hydrogen) atoms. The van der Waals surface area contributed by atoms with Gasteiger partial charge in [-0.05, 0) is 37.5 Å². The van der Waals surface area contributed by atoms with E-state index in [0.717, 1.165) is 28.1 Å². The number of allylic oxidation sites excluding steroid dienone is 4. The summed E-state index contributed by atoms with van der Waals surface area (Å²) in [4.78, 5) is 29.2. The second kappa shape index (κ2) is 9.33. The van der Waals surface area contributed by atoms with Crippen LogP contribution in [0.3, 0.4) is 0 Å². The molecular formula is C24H24N4O4S. The maximum atomic E-state index is 12.2. The summed E-state index contributed by atoms with van der Waals surface area (Å²) in [6.07, 6.45) is 11.8. The summed E-state index contributed by atoms with van der Waals surface area (Å²) in [5, 5.41) is 2.61. The number of nitrogens with one attached hydrogen (secondary N) is 1. The van der Waals surface area contributed by atoms with E-state index in [0.29, 0.717) is 22.0 Å². The molecule has 3 aromatic heterocycles. The van der Waals surface area contributed by atoms with Crippen molar-refractivity contribution in [3.05, 3.63) is 70.9 Å². The highest BCUT2D eigenvalue weighted by Gasteiger charge is 2.22. The molecule has 0 saturated heterocycles. The van der Waals surface area contributed by atoms with Crippen LogP contribution in [0, 0.1) is 0 Å². The molecule has 0 fully saturated rings. The number of hydrogen-bond acceptors (Lipinski definition) is 6. The van der Waals surface area contributed by atoms with Crippen LogP contribution in [-0.4, -0.2) is 34.6 Å². The van der Waals surface area contributed by atoms with Gasteiger partial charge in [0.25, 0.3) is 5.91 Å². The first kappa shape index (κ1) is 22.3. The third kappa shape index (κ3) is 4.68. The number of pyridine rings is 1. The van der Waals surface area contributed by atoms with Crippen molar-refractivity contribution in [3.8, 4) is 16.3 Å². The molecule has 3 heterocycles. The van der Waals surface area contributed by atoms with Crippen LogP contribution in [0.15, 0.2) is 66.0 Å². The van der Waals surface area contributed by atoms with Gasteiger partial charge in [-0.2, -0.15) is 0 Å². The minimum Gasteiger partial charge on any atom is -0.484 e. The normalized spacial score (nSPS) is 14.3. The number of fused-ring (bicyclic) bond motifs is 1. The van der Waals surface area contributed by atoms with Gasteiger partial charge in [-0.25, -0.2) is 9.78 Å². The minimum absolute atomic E-state index is 0.265. The molecule has 0 spiro atoms. The molecule has 0 radical (unpaired) electrons. The quantitative estimate of drug-likeness (QED) is 0.537.